The van der Waals surface area contributed by atoms with Crippen molar-refractivity contribution in [3.05, 3.63) is 52.3 Å². The first-order chi connectivity index (χ1) is 12.8. The number of benzene rings is 1. The lowest BCUT2D eigenvalue weighted by Gasteiger charge is -2.19. The first kappa shape index (κ1) is 20.4. The number of aromatic amines is 1. The zero-order valence-corrected chi connectivity index (χ0v) is 16.6. The summed E-state index contributed by atoms with van der Waals surface area (Å²) in [5.74, 6) is -0.457. The van der Waals surface area contributed by atoms with E-state index in [1.807, 2.05) is 20.8 Å². The molecule has 0 aliphatic rings. The normalized spacial score (nSPS) is 10.6. The second-order valence-electron chi connectivity index (χ2n) is 6.40. The molecule has 0 atom stereocenters. The number of aryl methyl sites for hydroxylation is 1. The third-order valence-corrected chi connectivity index (χ3v) is 4.64. The molecular weight excluding hydrogens is 342 g/mol. The Hall–Kier alpha value is -2.89. The number of Topliss-reactive ketones (excluding diaryl/α,β-unsaturated/α-hetero) is 1. The summed E-state index contributed by atoms with van der Waals surface area (Å²) >= 11 is 0. The van der Waals surface area contributed by atoms with Crippen LogP contribution in [0.25, 0.3) is 0 Å². The molecule has 0 aliphatic heterocycles. The average molecular weight is 369 g/mol. The zero-order valence-electron chi connectivity index (χ0n) is 16.6. The Morgan fingerprint density at radius 3 is 2.33 bits per heavy atom. The largest absolute Gasteiger partial charge is 0.354 e. The van der Waals surface area contributed by atoms with E-state index >= 15 is 0 Å². The Balaban J connectivity index is 2.29. The fourth-order valence-electron chi connectivity index (χ4n) is 3.32. The predicted molar refractivity (Wildman–Crippen MR) is 107 cm³/mol. The van der Waals surface area contributed by atoms with E-state index in [0.29, 0.717) is 53.3 Å². The van der Waals surface area contributed by atoms with E-state index in [0.717, 1.165) is 0 Å². The lowest BCUT2D eigenvalue weighted by atomic mass is 10.0. The Bertz CT molecular complexity index is 864. The van der Waals surface area contributed by atoms with Gasteiger partial charge in [-0.1, -0.05) is 13.0 Å². The van der Waals surface area contributed by atoms with Gasteiger partial charge in [0.15, 0.2) is 5.78 Å². The summed E-state index contributed by atoms with van der Waals surface area (Å²) in [4.78, 5) is 41.9. The van der Waals surface area contributed by atoms with Crippen molar-refractivity contribution >= 4 is 23.3 Å². The van der Waals surface area contributed by atoms with Gasteiger partial charge < -0.3 is 15.2 Å². The smallest absolute Gasteiger partial charge is 0.272 e. The van der Waals surface area contributed by atoms with Crippen molar-refractivity contribution in [3.63, 3.8) is 0 Å². The number of rotatable bonds is 7. The number of carbonyl (C=O) groups excluding carboxylic acids is 3. The Morgan fingerprint density at radius 1 is 1.11 bits per heavy atom. The van der Waals surface area contributed by atoms with Crippen LogP contribution in [0.3, 0.4) is 0 Å². The second-order valence-corrected chi connectivity index (χ2v) is 6.40. The minimum Gasteiger partial charge on any atom is -0.354 e. The van der Waals surface area contributed by atoms with Crippen molar-refractivity contribution in [2.45, 2.75) is 41.0 Å². The highest BCUT2D eigenvalue weighted by atomic mass is 16.2. The quantitative estimate of drug-likeness (QED) is 0.728. The van der Waals surface area contributed by atoms with Gasteiger partial charge >= 0.3 is 0 Å². The van der Waals surface area contributed by atoms with Gasteiger partial charge in [-0.05, 0) is 57.9 Å². The van der Waals surface area contributed by atoms with Gasteiger partial charge in [-0.15, -0.1) is 0 Å². The predicted octanol–water partition coefficient (Wildman–Crippen LogP) is 3.82. The minimum absolute atomic E-state index is 0.0635. The molecular formula is C21H27N3O3. The van der Waals surface area contributed by atoms with Crippen molar-refractivity contribution in [3.8, 4) is 0 Å². The highest BCUT2D eigenvalue weighted by molar-refractivity contribution is 6.08. The number of aromatic nitrogens is 1. The number of amides is 2. The van der Waals surface area contributed by atoms with Gasteiger partial charge in [0.2, 0.25) is 0 Å². The Morgan fingerprint density at radius 2 is 1.78 bits per heavy atom. The molecule has 0 saturated heterocycles. The molecule has 144 valence electrons. The molecule has 0 saturated carbocycles. The van der Waals surface area contributed by atoms with Crippen LogP contribution in [0.1, 0.15) is 70.2 Å². The lowest BCUT2D eigenvalue weighted by molar-refractivity contribution is 0.0772. The second kappa shape index (κ2) is 8.66. The molecule has 6 nitrogen and oxygen atoms in total. The maximum Gasteiger partial charge on any atom is 0.272 e. The summed E-state index contributed by atoms with van der Waals surface area (Å²) in [7, 11) is 0. The van der Waals surface area contributed by atoms with Crippen LogP contribution in [-0.4, -0.2) is 40.6 Å². The summed E-state index contributed by atoms with van der Waals surface area (Å²) in [6, 6.07) is 6.89. The van der Waals surface area contributed by atoms with Crippen molar-refractivity contribution in [2.24, 2.45) is 0 Å². The first-order valence-electron chi connectivity index (χ1n) is 9.26. The standard InChI is InChI=1S/C21H27N3O3/c1-6-17-18(14(5)25)13(4)22-19(17)20(26)23-16-11-9-10-15(12-16)21(27)24(7-2)8-3/h9-12,22H,6-8H2,1-5H3,(H,23,26). The van der Waals surface area contributed by atoms with Crippen molar-refractivity contribution < 1.29 is 14.4 Å². The topological polar surface area (TPSA) is 82.3 Å². The summed E-state index contributed by atoms with van der Waals surface area (Å²) < 4.78 is 0. The van der Waals surface area contributed by atoms with Crippen molar-refractivity contribution in [1.29, 1.82) is 0 Å². The number of carbonyl (C=O) groups is 3. The highest BCUT2D eigenvalue weighted by Gasteiger charge is 2.22. The van der Waals surface area contributed by atoms with Gasteiger partial charge in [-0.2, -0.15) is 0 Å². The molecule has 0 aliphatic carbocycles. The summed E-state index contributed by atoms with van der Waals surface area (Å²) in [6.07, 6.45) is 0.572. The number of hydrogen-bond acceptors (Lipinski definition) is 3. The molecule has 0 radical (unpaired) electrons. The average Bonchev–Trinajstić information content (AvgIpc) is 2.99. The van der Waals surface area contributed by atoms with Crippen molar-refractivity contribution in [1.82, 2.24) is 9.88 Å². The van der Waals surface area contributed by atoms with E-state index in [-0.39, 0.29) is 17.6 Å². The Kier molecular flexibility index (Phi) is 6.55. The molecule has 1 aromatic carbocycles. The van der Waals surface area contributed by atoms with Crippen LogP contribution in [0.2, 0.25) is 0 Å². The van der Waals surface area contributed by atoms with E-state index in [2.05, 4.69) is 10.3 Å². The van der Waals surface area contributed by atoms with Crippen molar-refractivity contribution in [2.75, 3.05) is 18.4 Å². The zero-order chi connectivity index (χ0) is 20.1. The maximum atomic E-state index is 12.8. The lowest BCUT2D eigenvalue weighted by Crippen LogP contribution is -2.30. The van der Waals surface area contributed by atoms with Gasteiger partial charge in [-0.3, -0.25) is 14.4 Å². The summed E-state index contributed by atoms with van der Waals surface area (Å²) in [5.41, 5.74) is 3.44. The van der Waals surface area contributed by atoms with Gasteiger partial charge in [0, 0.05) is 35.6 Å². The van der Waals surface area contributed by atoms with Crippen LogP contribution in [0.5, 0.6) is 0 Å². The van der Waals surface area contributed by atoms with E-state index in [1.54, 1.807) is 36.1 Å². The van der Waals surface area contributed by atoms with Gasteiger partial charge in [0.25, 0.3) is 11.8 Å². The number of ketones is 1. The number of H-pyrrole nitrogens is 1. The first-order valence-corrected chi connectivity index (χ1v) is 9.26. The highest BCUT2D eigenvalue weighted by Crippen LogP contribution is 2.22. The van der Waals surface area contributed by atoms with Crippen LogP contribution >= 0.6 is 0 Å². The molecule has 27 heavy (non-hydrogen) atoms. The molecule has 0 fully saturated rings. The maximum absolute atomic E-state index is 12.8. The molecule has 2 amide bonds. The molecule has 2 aromatic rings. The molecule has 1 heterocycles. The summed E-state index contributed by atoms with van der Waals surface area (Å²) in [6.45, 7) is 10.3. The van der Waals surface area contributed by atoms with Gasteiger partial charge in [0.1, 0.15) is 5.69 Å². The molecule has 2 N–H and O–H groups in total. The van der Waals surface area contributed by atoms with Crippen LogP contribution in [-0.2, 0) is 6.42 Å². The third-order valence-electron chi connectivity index (χ3n) is 4.64. The van der Waals surface area contributed by atoms with E-state index in [1.165, 1.54) is 6.92 Å². The van der Waals surface area contributed by atoms with Gasteiger partial charge in [0.05, 0.1) is 0 Å². The number of nitrogens with one attached hydrogen (secondary N) is 2. The number of anilines is 1. The fraction of sp³-hybridized carbons (Fsp3) is 0.381. The number of hydrogen-bond donors (Lipinski definition) is 2. The SMILES string of the molecule is CCc1c(C(=O)Nc2cccc(C(=O)N(CC)CC)c2)[nH]c(C)c1C(C)=O. The minimum atomic E-state index is -0.324. The summed E-state index contributed by atoms with van der Waals surface area (Å²) in [5, 5.41) is 2.83. The van der Waals surface area contributed by atoms with Gasteiger partial charge in [-0.25, -0.2) is 0 Å². The van der Waals surface area contributed by atoms with Crippen LogP contribution < -0.4 is 5.32 Å². The molecule has 1 aromatic heterocycles. The Labute approximate surface area is 160 Å². The number of nitrogens with zero attached hydrogens (tertiary/aromatic N) is 1. The van der Waals surface area contributed by atoms with E-state index in [4.69, 9.17) is 0 Å². The molecule has 2 rings (SSSR count). The molecule has 0 spiro atoms. The van der Waals surface area contributed by atoms with Crippen LogP contribution in [0, 0.1) is 6.92 Å². The van der Waals surface area contributed by atoms with E-state index < -0.39 is 0 Å². The monoisotopic (exact) mass is 369 g/mol. The fourth-order valence-corrected chi connectivity index (χ4v) is 3.32. The molecule has 6 heteroatoms. The molecule has 0 bridgehead atoms. The van der Waals surface area contributed by atoms with Crippen LogP contribution in [0.4, 0.5) is 5.69 Å². The third kappa shape index (κ3) is 4.27. The van der Waals surface area contributed by atoms with E-state index in [9.17, 15) is 14.4 Å². The molecule has 0 unspecified atom stereocenters. The van der Waals surface area contributed by atoms with Crippen LogP contribution in [0.15, 0.2) is 24.3 Å².